The van der Waals surface area contributed by atoms with Crippen LogP contribution in [0.5, 0.6) is 5.75 Å². The Bertz CT molecular complexity index is 517. The van der Waals surface area contributed by atoms with Crippen molar-refractivity contribution < 1.29 is 9.53 Å². The van der Waals surface area contributed by atoms with Gasteiger partial charge in [0, 0.05) is 5.92 Å². The molecule has 0 spiro atoms. The van der Waals surface area contributed by atoms with Crippen LogP contribution in [0.2, 0.25) is 0 Å². The van der Waals surface area contributed by atoms with E-state index in [-0.39, 0.29) is 0 Å². The van der Waals surface area contributed by atoms with Gasteiger partial charge in [0.1, 0.15) is 12.0 Å². The van der Waals surface area contributed by atoms with E-state index in [1.807, 2.05) is 12.1 Å². The zero-order chi connectivity index (χ0) is 17.4. The number of hydrogen-bond acceptors (Lipinski definition) is 2. The van der Waals surface area contributed by atoms with E-state index in [1.54, 1.807) is 7.11 Å². The molecule has 4 unspecified atom stereocenters. The van der Waals surface area contributed by atoms with E-state index >= 15 is 0 Å². The molecule has 0 radical (unpaired) electrons. The summed E-state index contributed by atoms with van der Waals surface area (Å²) in [5, 5.41) is 0. The second kappa shape index (κ2) is 9.66. The molecule has 0 saturated heterocycles. The Kier molecular flexibility index (Phi) is 7.55. The maximum atomic E-state index is 10.5. The first-order valence-electron chi connectivity index (χ1n) is 9.49. The van der Waals surface area contributed by atoms with Gasteiger partial charge in [-0.25, -0.2) is 0 Å². The first-order valence-corrected chi connectivity index (χ1v) is 9.49. The summed E-state index contributed by atoms with van der Waals surface area (Å²) in [6.45, 7) is 4.50. The molecule has 1 fully saturated rings. The molecule has 2 bridgehead atoms. The molecule has 0 aliphatic heterocycles. The van der Waals surface area contributed by atoms with Gasteiger partial charge in [0.15, 0.2) is 0 Å². The van der Waals surface area contributed by atoms with E-state index in [2.05, 4.69) is 38.1 Å². The summed E-state index contributed by atoms with van der Waals surface area (Å²) in [7, 11) is 1.71. The first kappa shape index (κ1) is 18.8. The number of carbonyl (C=O) groups is 1. The van der Waals surface area contributed by atoms with Gasteiger partial charge < -0.3 is 9.53 Å². The molecule has 0 heterocycles. The van der Waals surface area contributed by atoms with Crippen LogP contribution in [0.1, 0.15) is 63.9 Å². The number of aldehydes is 1. The van der Waals surface area contributed by atoms with Gasteiger partial charge in [-0.3, -0.25) is 0 Å². The maximum absolute atomic E-state index is 10.5. The standard InChI is InChI=1S/C13H20O.C9H12O/c1-4-6-11(5-2)12-7-9-13(14-3)10-8-12;10-6-9-5-7-1-3-8(9)4-2-7/h7-11H,4-6H2,1-3H3;1,3,6-9H,2,4-5H2. The summed E-state index contributed by atoms with van der Waals surface area (Å²) in [6.07, 6.45) is 13.1. The number of rotatable bonds is 6. The van der Waals surface area contributed by atoms with Crippen molar-refractivity contribution in [3.8, 4) is 5.75 Å². The van der Waals surface area contributed by atoms with Crippen LogP contribution in [0.25, 0.3) is 0 Å². The van der Waals surface area contributed by atoms with Crippen molar-refractivity contribution in [2.45, 2.75) is 58.3 Å². The Labute approximate surface area is 147 Å². The van der Waals surface area contributed by atoms with E-state index in [4.69, 9.17) is 4.74 Å². The quantitative estimate of drug-likeness (QED) is 0.489. The molecular formula is C22H32O2. The Morgan fingerprint density at radius 3 is 2.29 bits per heavy atom. The zero-order valence-corrected chi connectivity index (χ0v) is 15.4. The summed E-state index contributed by atoms with van der Waals surface area (Å²) in [5.74, 6) is 3.32. The van der Waals surface area contributed by atoms with E-state index in [0.29, 0.717) is 17.8 Å². The molecule has 1 aromatic carbocycles. The van der Waals surface area contributed by atoms with Gasteiger partial charge in [-0.2, -0.15) is 0 Å². The van der Waals surface area contributed by atoms with E-state index in [0.717, 1.165) is 24.4 Å². The van der Waals surface area contributed by atoms with Gasteiger partial charge in [-0.15, -0.1) is 0 Å². The molecule has 4 rings (SSSR count). The number of fused-ring (bicyclic) bond motifs is 2. The number of ether oxygens (including phenoxy) is 1. The van der Waals surface area contributed by atoms with Gasteiger partial charge in [-0.05, 0) is 67.6 Å². The van der Waals surface area contributed by atoms with Crippen LogP contribution in [0.15, 0.2) is 36.4 Å². The van der Waals surface area contributed by atoms with E-state index in [1.165, 1.54) is 37.7 Å². The molecule has 3 aliphatic carbocycles. The predicted molar refractivity (Wildman–Crippen MR) is 100 cm³/mol. The average Bonchev–Trinajstić information content (AvgIpc) is 2.67. The minimum absolute atomic E-state index is 0.351. The molecule has 2 heteroatoms. The van der Waals surface area contributed by atoms with Crippen molar-refractivity contribution in [3.63, 3.8) is 0 Å². The lowest BCUT2D eigenvalue weighted by atomic mass is 9.70. The smallest absolute Gasteiger partial charge is 0.123 e. The van der Waals surface area contributed by atoms with Crippen molar-refractivity contribution in [3.05, 3.63) is 42.0 Å². The lowest BCUT2D eigenvalue weighted by molar-refractivity contribution is -0.113. The van der Waals surface area contributed by atoms with E-state index < -0.39 is 0 Å². The summed E-state index contributed by atoms with van der Waals surface area (Å²) in [6, 6.07) is 8.46. The van der Waals surface area contributed by atoms with Crippen LogP contribution < -0.4 is 4.74 Å². The Morgan fingerprint density at radius 2 is 1.92 bits per heavy atom. The second-order valence-electron chi connectivity index (χ2n) is 7.09. The Hall–Kier alpha value is -1.57. The summed E-state index contributed by atoms with van der Waals surface area (Å²) in [5.41, 5.74) is 1.44. The van der Waals surface area contributed by atoms with Crippen LogP contribution >= 0.6 is 0 Å². The normalized spacial score (nSPS) is 25.5. The number of hydrogen-bond donors (Lipinski definition) is 0. The fourth-order valence-corrected chi connectivity index (χ4v) is 3.96. The van der Waals surface area contributed by atoms with E-state index in [9.17, 15) is 4.79 Å². The highest BCUT2D eigenvalue weighted by atomic mass is 16.5. The highest BCUT2D eigenvalue weighted by molar-refractivity contribution is 5.55. The molecule has 0 aromatic heterocycles. The van der Waals surface area contributed by atoms with Crippen LogP contribution in [0.4, 0.5) is 0 Å². The van der Waals surface area contributed by atoms with Crippen LogP contribution in [-0.2, 0) is 4.79 Å². The highest BCUT2D eigenvalue weighted by Crippen LogP contribution is 2.39. The second-order valence-corrected chi connectivity index (χ2v) is 7.09. The molecule has 4 atom stereocenters. The molecule has 3 aliphatic rings. The molecule has 0 amide bonds. The highest BCUT2D eigenvalue weighted by Gasteiger charge is 2.31. The van der Waals surface area contributed by atoms with Crippen molar-refractivity contribution >= 4 is 6.29 Å². The molecule has 132 valence electrons. The molecular weight excluding hydrogens is 296 g/mol. The fourth-order valence-electron chi connectivity index (χ4n) is 3.96. The third kappa shape index (κ3) is 4.96. The largest absolute Gasteiger partial charge is 0.497 e. The molecule has 1 aromatic rings. The lowest BCUT2D eigenvalue weighted by Crippen LogP contribution is -2.27. The van der Waals surface area contributed by atoms with Gasteiger partial charge in [-0.1, -0.05) is 44.6 Å². The summed E-state index contributed by atoms with van der Waals surface area (Å²) >= 11 is 0. The first-order chi connectivity index (χ1) is 11.7. The number of carbonyl (C=O) groups excluding carboxylic acids is 1. The molecule has 1 saturated carbocycles. The molecule has 0 N–H and O–H groups in total. The molecule has 24 heavy (non-hydrogen) atoms. The predicted octanol–water partition coefficient (Wildman–Crippen LogP) is 5.78. The summed E-state index contributed by atoms with van der Waals surface area (Å²) in [4.78, 5) is 10.5. The maximum Gasteiger partial charge on any atom is 0.123 e. The number of allylic oxidation sites excluding steroid dienone is 2. The lowest BCUT2D eigenvalue weighted by Gasteiger charge is -2.34. The Balaban J connectivity index is 0.000000182. The minimum Gasteiger partial charge on any atom is -0.497 e. The summed E-state index contributed by atoms with van der Waals surface area (Å²) < 4.78 is 5.14. The third-order valence-electron chi connectivity index (χ3n) is 5.52. The van der Waals surface area contributed by atoms with Gasteiger partial charge in [0.05, 0.1) is 7.11 Å². The minimum atomic E-state index is 0.351. The fraction of sp³-hybridized carbons (Fsp3) is 0.591. The van der Waals surface area contributed by atoms with Crippen molar-refractivity contribution in [2.75, 3.05) is 7.11 Å². The SMILES string of the molecule is CCCC(CC)c1ccc(OC)cc1.O=CC1CC2C=CC1CC2. The van der Waals surface area contributed by atoms with Gasteiger partial charge >= 0.3 is 0 Å². The van der Waals surface area contributed by atoms with Gasteiger partial charge in [0.25, 0.3) is 0 Å². The van der Waals surface area contributed by atoms with Crippen LogP contribution in [0, 0.1) is 17.8 Å². The average molecular weight is 328 g/mol. The number of methoxy groups -OCH3 is 1. The van der Waals surface area contributed by atoms with Crippen molar-refractivity contribution in [1.82, 2.24) is 0 Å². The topological polar surface area (TPSA) is 26.3 Å². The van der Waals surface area contributed by atoms with Gasteiger partial charge in [0.2, 0.25) is 0 Å². The van der Waals surface area contributed by atoms with Crippen LogP contribution in [0.3, 0.4) is 0 Å². The number of benzene rings is 1. The third-order valence-corrected chi connectivity index (χ3v) is 5.52. The van der Waals surface area contributed by atoms with Crippen molar-refractivity contribution in [2.24, 2.45) is 17.8 Å². The monoisotopic (exact) mass is 328 g/mol. The molecule has 2 nitrogen and oxygen atoms in total. The Morgan fingerprint density at radius 1 is 1.17 bits per heavy atom. The zero-order valence-electron chi connectivity index (χ0n) is 15.4. The van der Waals surface area contributed by atoms with Crippen LogP contribution in [-0.4, -0.2) is 13.4 Å². The van der Waals surface area contributed by atoms with Crippen molar-refractivity contribution in [1.29, 1.82) is 0 Å².